The summed E-state index contributed by atoms with van der Waals surface area (Å²) in [5.41, 5.74) is 9.64. The maximum atomic E-state index is 4.71. The first-order valence-corrected chi connectivity index (χ1v) is 7.72. The van der Waals surface area contributed by atoms with Crippen molar-refractivity contribution in [3.63, 3.8) is 0 Å². The first-order valence-electron chi connectivity index (χ1n) is 7.72. The molecule has 23 heavy (non-hydrogen) atoms. The van der Waals surface area contributed by atoms with E-state index >= 15 is 0 Å². The number of aromatic nitrogens is 2. The second-order valence-corrected chi connectivity index (χ2v) is 6.13. The van der Waals surface area contributed by atoms with Gasteiger partial charge in [-0.05, 0) is 62.9 Å². The quantitative estimate of drug-likeness (QED) is 0.739. The zero-order valence-corrected chi connectivity index (χ0v) is 15.2. The molecule has 3 rings (SSSR count). The molecular weight excluding hydrogens is 306 g/mol. The number of nitrogens with one attached hydrogen (secondary N) is 1. The maximum absolute atomic E-state index is 4.71. The molecule has 0 spiro atoms. The van der Waals surface area contributed by atoms with Gasteiger partial charge in [-0.25, -0.2) is 4.98 Å². The normalized spacial score (nSPS) is 10.7. The summed E-state index contributed by atoms with van der Waals surface area (Å²) in [7, 11) is 0. The van der Waals surface area contributed by atoms with Crippen molar-refractivity contribution >= 4 is 23.7 Å². The zero-order chi connectivity index (χ0) is 15.9. The van der Waals surface area contributed by atoms with Crippen LogP contribution in [0, 0.1) is 34.6 Å². The van der Waals surface area contributed by atoms with Gasteiger partial charge in [0.25, 0.3) is 0 Å². The van der Waals surface area contributed by atoms with Gasteiger partial charge in [0.1, 0.15) is 0 Å². The third-order valence-electron chi connectivity index (χ3n) is 4.43. The van der Waals surface area contributed by atoms with E-state index in [-0.39, 0.29) is 12.4 Å². The number of hydrogen-bond acceptors (Lipinski definition) is 2. The Morgan fingerprint density at radius 2 is 1.70 bits per heavy atom. The second-order valence-electron chi connectivity index (χ2n) is 6.13. The summed E-state index contributed by atoms with van der Waals surface area (Å²) in [4.78, 5) is 4.71. The molecule has 0 aliphatic rings. The lowest BCUT2D eigenvalue weighted by atomic mass is 10.0. The smallest absolute Gasteiger partial charge is 0.160 e. The molecule has 1 N–H and O–H groups in total. The van der Waals surface area contributed by atoms with E-state index < -0.39 is 0 Å². The summed E-state index contributed by atoms with van der Waals surface area (Å²) in [5.74, 6) is 0. The average molecular weight is 330 g/mol. The fourth-order valence-corrected chi connectivity index (χ4v) is 2.95. The number of aryl methyl sites for hydroxylation is 5. The minimum absolute atomic E-state index is 0. The highest BCUT2D eigenvalue weighted by Gasteiger charge is 2.10. The van der Waals surface area contributed by atoms with Gasteiger partial charge in [0.05, 0.1) is 11.4 Å². The fourth-order valence-electron chi connectivity index (χ4n) is 2.95. The monoisotopic (exact) mass is 329 g/mol. The highest BCUT2D eigenvalue weighted by atomic mass is 35.5. The Labute approximate surface area is 144 Å². The molecule has 0 radical (unpaired) electrons. The van der Waals surface area contributed by atoms with Crippen LogP contribution in [-0.2, 0) is 6.54 Å². The van der Waals surface area contributed by atoms with Gasteiger partial charge in [-0.15, -0.1) is 12.4 Å². The topological polar surface area (TPSA) is 29.3 Å². The van der Waals surface area contributed by atoms with E-state index in [4.69, 9.17) is 4.98 Å². The maximum Gasteiger partial charge on any atom is 0.160 e. The Bertz CT molecular complexity index is 829. The van der Waals surface area contributed by atoms with Gasteiger partial charge >= 0.3 is 0 Å². The van der Waals surface area contributed by atoms with Crippen LogP contribution < -0.4 is 5.32 Å². The number of anilines is 1. The van der Waals surface area contributed by atoms with Crippen LogP contribution in [0.2, 0.25) is 0 Å². The van der Waals surface area contributed by atoms with E-state index in [1.54, 1.807) is 0 Å². The van der Waals surface area contributed by atoms with Crippen LogP contribution in [0.4, 0.5) is 5.69 Å². The minimum atomic E-state index is 0. The van der Waals surface area contributed by atoms with Gasteiger partial charge in [0.15, 0.2) is 5.65 Å². The van der Waals surface area contributed by atoms with Gasteiger partial charge < -0.3 is 9.72 Å². The van der Waals surface area contributed by atoms with E-state index in [9.17, 15) is 0 Å². The summed E-state index contributed by atoms with van der Waals surface area (Å²) >= 11 is 0. The summed E-state index contributed by atoms with van der Waals surface area (Å²) in [5, 5.41) is 3.58. The van der Waals surface area contributed by atoms with Crippen LogP contribution in [-0.4, -0.2) is 9.38 Å². The van der Waals surface area contributed by atoms with Crippen LogP contribution >= 0.6 is 12.4 Å². The van der Waals surface area contributed by atoms with Crippen LogP contribution in [0.3, 0.4) is 0 Å². The Balaban J connectivity index is 0.00000192. The van der Waals surface area contributed by atoms with Gasteiger partial charge in [-0.3, -0.25) is 0 Å². The van der Waals surface area contributed by atoms with Crippen molar-refractivity contribution in [1.82, 2.24) is 9.38 Å². The molecule has 122 valence electrons. The molecule has 2 heterocycles. The Morgan fingerprint density at radius 1 is 1.04 bits per heavy atom. The predicted molar refractivity (Wildman–Crippen MR) is 99.9 cm³/mol. The lowest BCUT2D eigenvalue weighted by Gasteiger charge is -2.13. The Hall–Kier alpha value is -2.00. The van der Waals surface area contributed by atoms with E-state index in [0.717, 1.165) is 23.6 Å². The minimum Gasteiger partial charge on any atom is -0.378 e. The van der Waals surface area contributed by atoms with Gasteiger partial charge in [-0.2, -0.15) is 0 Å². The van der Waals surface area contributed by atoms with E-state index in [2.05, 4.69) is 74.8 Å². The lowest BCUT2D eigenvalue weighted by molar-refractivity contribution is 1.06. The molecule has 0 saturated carbocycles. The molecule has 3 nitrogen and oxygen atoms in total. The molecule has 0 aliphatic carbocycles. The van der Waals surface area contributed by atoms with E-state index in [0.29, 0.717) is 0 Å². The number of fused-ring (bicyclic) bond motifs is 1. The average Bonchev–Trinajstić information content (AvgIpc) is 2.74. The molecule has 0 aliphatic heterocycles. The van der Waals surface area contributed by atoms with Crippen molar-refractivity contribution < 1.29 is 0 Å². The summed E-state index contributed by atoms with van der Waals surface area (Å²) in [6, 6.07) is 8.62. The highest BCUT2D eigenvalue weighted by molar-refractivity contribution is 5.85. The number of benzene rings is 1. The van der Waals surface area contributed by atoms with Crippen LogP contribution in [0.25, 0.3) is 5.65 Å². The number of imidazole rings is 1. The zero-order valence-electron chi connectivity index (χ0n) is 14.4. The van der Waals surface area contributed by atoms with Crippen molar-refractivity contribution in [2.24, 2.45) is 0 Å². The van der Waals surface area contributed by atoms with Crippen LogP contribution in [0.5, 0.6) is 0 Å². The van der Waals surface area contributed by atoms with Crippen molar-refractivity contribution in [2.45, 2.75) is 41.2 Å². The molecule has 0 atom stereocenters. The first-order chi connectivity index (χ1) is 10.5. The first kappa shape index (κ1) is 17.4. The molecule has 1 aromatic carbocycles. The van der Waals surface area contributed by atoms with Gasteiger partial charge in [0, 0.05) is 18.4 Å². The molecule has 0 fully saturated rings. The number of rotatable bonds is 3. The molecule has 2 aromatic heterocycles. The molecule has 0 bridgehead atoms. The summed E-state index contributed by atoms with van der Waals surface area (Å²) < 4.78 is 2.18. The fraction of sp³-hybridized carbons (Fsp3) is 0.316. The summed E-state index contributed by atoms with van der Waals surface area (Å²) in [6.45, 7) is 11.5. The van der Waals surface area contributed by atoms with E-state index in [1.807, 2.05) is 0 Å². The number of halogens is 1. The van der Waals surface area contributed by atoms with Crippen molar-refractivity contribution in [3.05, 3.63) is 64.1 Å². The lowest BCUT2D eigenvalue weighted by Crippen LogP contribution is -2.05. The number of nitrogens with zero attached hydrogens (tertiary/aromatic N) is 2. The third-order valence-corrected chi connectivity index (χ3v) is 4.43. The molecule has 4 heteroatoms. The molecule has 0 saturated heterocycles. The van der Waals surface area contributed by atoms with Crippen molar-refractivity contribution in [1.29, 1.82) is 0 Å². The third kappa shape index (κ3) is 3.20. The number of hydrogen-bond donors (Lipinski definition) is 1. The Kier molecular flexibility index (Phi) is 5.00. The van der Waals surface area contributed by atoms with Gasteiger partial charge in [0.2, 0.25) is 0 Å². The van der Waals surface area contributed by atoms with Crippen LogP contribution in [0.1, 0.15) is 33.6 Å². The standard InChI is InChI=1S/C19H23N3.ClH/c1-12-9-18(19-21-15(4)16(5)22(19)11-12)20-10-17-13(2)7-6-8-14(17)3;/h6-9,11,20H,10H2,1-5H3;1H. The molecule has 0 amide bonds. The molecule has 3 aromatic rings. The Morgan fingerprint density at radius 3 is 2.35 bits per heavy atom. The highest BCUT2D eigenvalue weighted by Crippen LogP contribution is 2.23. The van der Waals surface area contributed by atoms with Gasteiger partial charge in [-0.1, -0.05) is 18.2 Å². The number of pyridine rings is 1. The molecule has 0 unspecified atom stereocenters. The summed E-state index contributed by atoms with van der Waals surface area (Å²) in [6.07, 6.45) is 2.15. The predicted octanol–water partition coefficient (Wildman–Crippen LogP) is 4.91. The van der Waals surface area contributed by atoms with E-state index in [1.165, 1.54) is 27.9 Å². The van der Waals surface area contributed by atoms with Crippen molar-refractivity contribution in [2.75, 3.05) is 5.32 Å². The molecular formula is C19H24ClN3. The second kappa shape index (κ2) is 6.63. The van der Waals surface area contributed by atoms with Crippen molar-refractivity contribution in [3.8, 4) is 0 Å². The SMILES string of the molecule is Cc1cc(NCc2c(C)cccc2C)c2nc(C)c(C)n2c1.Cl. The van der Waals surface area contributed by atoms with Crippen LogP contribution in [0.15, 0.2) is 30.5 Å². The largest absolute Gasteiger partial charge is 0.378 e.